The topological polar surface area (TPSA) is 58.9 Å². The third kappa shape index (κ3) is 8.10. The maximum absolute atomic E-state index is 11.7. The zero-order valence-electron chi connectivity index (χ0n) is 7.87. The molecule has 0 unspecified atom stereocenters. The fourth-order valence-electron chi connectivity index (χ4n) is 0.594. The molecule has 0 radical (unpaired) electrons. The fraction of sp³-hybridized carbons (Fsp3) is 0.714. The number of halogens is 3. The summed E-state index contributed by atoms with van der Waals surface area (Å²) in [7, 11) is 1.17. The lowest BCUT2D eigenvalue weighted by Gasteiger charge is -2.05. The van der Waals surface area contributed by atoms with Crippen molar-refractivity contribution in [3.05, 3.63) is 0 Å². The van der Waals surface area contributed by atoms with Crippen LogP contribution in [0.1, 0.15) is 6.42 Å². The molecule has 0 fully saturated rings. The van der Waals surface area contributed by atoms with Gasteiger partial charge in [0.05, 0.1) is 6.42 Å². The first-order valence-electron chi connectivity index (χ1n) is 3.84. The second-order valence-electron chi connectivity index (χ2n) is 2.44. The molecule has 0 spiro atoms. The Hall–Kier alpha value is -0.920. The molecule has 8 heteroatoms. The Morgan fingerprint density at radius 1 is 1.53 bits per heavy atom. The number of thioether (sulfide) groups is 1. The third-order valence-electron chi connectivity index (χ3n) is 1.22. The number of carbonyl (C=O) groups is 1. The van der Waals surface area contributed by atoms with E-state index in [1.165, 1.54) is 7.11 Å². The van der Waals surface area contributed by atoms with Gasteiger partial charge in [0.1, 0.15) is 7.11 Å². The van der Waals surface area contributed by atoms with Gasteiger partial charge in [-0.15, -0.1) is 0 Å². The first-order chi connectivity index (χ1) is 6.87. The van der Waals surface area contributed by atoms with E-state index in [0.29, 0.717) is 0 Å². The highest BCUT2D eigenvalue weighted by Gasteiger charge is 2.26. The summed E-state index contributed by atoms with van der Waals surface area (Å²) in [6, 6.07) is 0. The minimum Gasteiger partial charge on any atom is -0.477 e. The Morgan fingerprint density at radius 3 is 2.53 bits per heavy atom. The van der Waals surface area contributed by atoms with Crippen LogP contribution in [0.3, 0.4) is 0 Å². The minimum absolute atomic E-state index is 0.112. The van der Waals surface area contributed by atoms with E-state index in [1.807, 2.05) is 0 Å². The minimum atomic E-state index is -4.21. The highest BCUT2D eigenvalue weighted by atomic mass is 32.2. The van der Waals surface area contributed by atoms with Gasteiger partial charge in [-0.25, -0.2) is 4.79 Å². The van der Waals surface area contributed by atoms with Crippen LogP contribution in [0.15, 0.2) is 5.16 Å². The van der Waals surface area contributed by atoms with Gasteiger partial charge in [0.2, 0.25) is 0 Å². The summed E-state index contributed by atoms with van der Waals surface area (Å²) >= 11 is 0.845. The van der Waals surface area contributed by atoms with Gasteiger partial charge in [-0.2, -0.15) is 24.9 Å². The van der Waals surface area contributed by atoms with Crippen LogP contribution in [0.4, 0.5) is 13.2 Å². The monoisotopic (exact) mass is 245 g/mol. The number of hydrogen-bond donors (Lipinski definition) is 1. The second kappa shape index (κ2) is 6.54. The third-order valence-corrected chi connectivity index (χ3v) is 2.19. The maximum atomic E-state index is 11.7. The predicted molar refractivity (Wildman–Crippen MR) is 50.1 cm³/mol. The smallest absolute Gasteiger partial charge is 0.389 e. The Morgan fingerprint density at radius 2 is 2.13 bits per heavy atom. The van der Waals surface area contributed by atoms with E-state index >= 15 is 0 Å². The Bertz CT molecular complexity index is 242. The summed E-state index contributed by atoms with van der Waals surface area (Å²) < 4.78 is 35.1. The van der Waals surface area contributed by atoms with Crippen molar-refractivity contribution in [3.8, 4) is 0 Å². The van der Waals surface area contributed by atoms with E-state index in [4.69, 9.17) is 5.11 Å². The van der Waals surface area contributed by atoms with Gasteiger partial charge in [0.25, 0.3) is 0 Å². The lowest BCUT2D eigenvalue weighted by Crippen LogP contribution is -2.17. The average molecular weight is 245 g/mol. The van der Waals surface area contributed by atoms with Crippen LogP contribution in [0.5, 0.6) is 0 Å². The summed E-state index contributed by atoms with van der Waals surface area (Å²) in [5.74, 6) is -1.60. The zero-order chi connectivity index (χ0) is 11.9. The van der Waals surface area contributed by atoms with Gasteiger partial charge in [0.15, 0.2) is 5.71 Å². The molecular formula is C7H10F3NO3S. The van der Waals surface area contributed by atoms with Gasteiger partial charge < -0.3 is 9.94 Å². The molecule has 0 saturated heterocycles. The highest BCUT2D eigenvalue weighted by Crippen LogP contribution is 2.21. The molecule has 0 bridgehead atoms. The number of aliphatic carboxylic acids is 1. The van der Waals surface area contributed by atoms with E-state index in [-0.39, 0.29) is 17.2 Å². The van der Waals surface area contributed by atoms with Crippen LogP contribution < -0.4 is 0 Å². The predicted octanol–water partition coefficient (Wildman–Crippen LogP) is 1.76. The SMILES string of the molecule is CON=C(CSCCC(F)(F)F)C(=O)O. The molecule has 0 aromatic rings. The zero-order valence-corrected chi connectivity index (χ0v) is 8.69. The van der Waals surface area contributed by atoms with Gasteiger partial charge in [-0.05, 0) is 0 Å². The molecule has 0 saturated carbocycles. The van der Waals surface area contributed by atoms with Crippen molar-refractivity contribution in [2.45, 2.75) is 12.6 Å². The van der Waals surface area contributed by atoms with Crippen molar-refractivity contribution in [2.75, 3.05) is 18.6 Å². The maximum Gasteiger partial charge on any atom is 0.389 e. The van der Waals surface area contributed by atoms with E-state index in [9.17, 15) is 18.0 Å². The highest BCUT2D eigenvalue weighted by molar-refractivity contribution is 8.00. The molecule has 15 heavy (non-hydrogen) atoms. The van der Waals surface area contributed by atoms with Crippen molar-refractivity contribution < 1.29 is 27.9 Å². The molecular weight excluding hydrogens is 235 g/mol. The average Bonchev–Trinajstić information content (AvgIpc) is 2.08. The number of rotatable bonds is 6. The first kappa shape index (κ1) is 14.1. The second-order valence-corrected chi connectivity index (χ2v) is 3.55. The lowest BCUT2D eigenvalue weighted by atomic mass is 10.4. The molecule has 0 aromatic carbocycles. The van der Waals surface area contributed by atoms with Crippen LogP contribution in [-0.4, -0.2) is 41.6 Å². The van der Waals surface area contributed by atoms with Crippen molar-refractivity contribution in [3.63, 3.8) is 0 Å². The number of nitrogens with zero attached hydrogens (tertiary/aromatic N) is 1. The summed E-state index contributed by atoms with van der Waals surface area (Å²) in [6.45, 7) is 0. The first-order valence-corrected chi connectivity index (χ1v) is 5.00. The van der Waals surface area contributed by atoms with Gasteiger partial charge in [0, 0.05) is 11.5 Å². The lowest BCUT2D eigenvalue weighted by molar-refractivity contribution is -0.130. The van der Waals surface area contributed by atoms with Crippen LogP contribution in [0.25, 0.3) is 0 Å². The molecule has 0 aliphatic carbocycles. The molecule has 0 aliphatic rings. The van der Waals surface area contributed by atoms with E-state index in [2.05, 4.69) is 9.99 Å². The Kier molecular flexibility index (Phi) is 6.14. The largest absolute Gasteiger partial charge is 0.477 e. The molecule has 0 rings (SSSR count). The number of hydrogen-bond acceptors (Lipinski definition) is 4. The number of oxime groups is 1. The van der Waals surface area contributed by atoms with Crippen molar-refractivity contribution >= 4 is 23.4 Å². The number of carboxylic acid groups (broad SMARTS) is 1. The molecule has 0 aromatic heterocycles. The van der Waals surface area contributed by atoms with E-state index in [0.717, 1.165) is 11.8 Å². The molecule has 0 atom stereocenters. The fourth-order valence-corrected chi connectivity index (χ4v) is 1.48. The van der Waals surface area contributed by atoms with Crippen LogP contribution in [-0.2, 0) is 9.63 Å². The van der Waals surface area contributed by atoms with Gasteiger partial charge >= 0.3 is 12.1 Å². The summed E-state index contributed by atoms with van der Waals surface area (Å²) in [4.78, 5) is 14.7. The van der Waals surface area contributed by atoms with Gasteiger partial charge in [-0.1, -0.05) is 5.16 Å². The Labute approximate surface area is 88.5 Å². The summed E-state index contributed by atoms with van der Waals surface area (Å²) in [6.07, 6.45) is -5.16. The van der Waals surface area contributed by atoms with Crippen molar-refractivity contribution in [1.29, 1.82) is 0 Å². The number of alkyl halides is 3. The van der Waals surface area contributed by atoms with Crippen LogP contribution in [0.2, 0.25) is 0 Å². The Balaban J connectivity index is 3.83. The summed E-state index contributed by atoms with van der Waals surface area (Å²) in [5, 5.41) is 11.7. The van der Waals surface area contributed by atoms with E-state index in [1.54, 1.807) is 0 Å². The van der Waals surface area contributed by atoms with Crippen LogP contribution >= 0.6 is 11.8 Å². The molecule has 88 valence electrons. The molecule has 1 N–H and O–H groups in total. The molecule has 0 aliphatic heterocycles. The van der Waals surface area contributed by atoms with E-state index < -0.39 is 18.6 Å². The standard InChI is InChI=1S/C7H10F3NO3S/c1-14-11-5(6(12)13)4-15-3-2-7(8,9)10/h2-4H2,1H3,(H,12,13). The van der Waals surface area contributed by atoms with Crippen LogP contribution in [0, 0.1) is 0 Å². The summed E-state index contributed by atoms with van der Waals surface area (Å²) in [5.41, 5.74) is -0.301. The molecule has 0 amide bonds. The van der Waals surface area contributed by atoms with Gasteiger partial charge in [-0.3, -0.25) is 0 Å². The molecule has 4 nitrogen and oxygen atoms in total. The number of carboxylic acids is 1. The molecule has 0 heterocycles. The quantitative estimate of drug-likeness (QED) is 0.440. The van der Waals surface area contributed by atoms with Crippen molar-refractivity contribution in [2.24, 2.45) is 5.16 Å². The normalized spacial score (nSPS) is 12.7. The van der Waals surface area contributed by atoms with Crippen molar-refractivity contribution in [1.82, 2.24) is 0 Å².